The molecule has 6 rings (SSSR count). The lowest BCUT2D eigenvalue weighted by Crippen LogP contribution is -2.62. The topological polar surface area (TPSA) is 177 Å². The molecule has 5 atom stereocenters. The van der Waals surface area contributed by atoms with E-state index >= 15 is 0 Å². The van der Waals surface area contributed by atoms with E-state index in [1.165, 1.54) is 7.11 Å². The molecule has 0 bridgehead atoms. The van der Waals surface area contributed by atoms with Gasteiger partial charge in [-0.2, -0.15) is 0 Å². The lowest BCUT2D eigenvalue weighted by atomic mass is 9.80. The largest absolute Gasteiger partial charge is 0.454 e. The van der Waals surface area contributed by atoms with Crippen LogP contribution in [0, 0.1) is 0 Å². The Bertz CT molecular complexity index is 2010. The number of alkyl carbamates (subject to hydrolysis) is 2. The fourth-order valence-corrected chi connectivity index (χ4v) is 6.68. The number of methoxy groups -OCH3 is 1. The highest BCUT2D eigenvalue weighted by atomic mass is 16.7. The summed E-state index contributed by atoms with van der Waals surface area (Å²) in [6.45, 7) is -1.67. The van der Waals surface area contributed by atoms with Gasteiger partial charge in [0.2, 0.25) is 0 Å². The van der Waals surface area contributed by atoms with E-state index < -0.39 is 73.5 Å². The number of rotatable bonds is 17. The van der Waals surface area contributed by atoms with Gasteiger partial charge in [0, 0.05) is 7.11 Å². The molecule has 0 saturated carbocycles. The number of carbonyl (C=O) groups is 4. The van der Waals surface area contributed by atoms with Gasteiger partial charge < -0.3 is 48.9 Å². The number of carbonyl (C=O) groups excluding carboxylic acids is 4. The third-order valence-corrected chi connectivity index (χ3v) is 9.57. The van der Waals surface area contributed by atoms with E-state index in [4.69, 9.17) is 33.2 Å². The van der Waals surface area contributed by atoms with Gasteiger partial charge in [-0.1, -0.05) is 152 Å². The Balaban J connectivity index is 1.20. The molecule has 1 heterocycles. The number of aliphatic hydroxyl groups excluding tert-OH is 1. The van der Waals surface area contributed by atoms with Crippen LogP contribution in [-0.2, 0) is 61.6 Å². The molecule has 14 nitrogen and oxygen atoms in total. The van der Waals surface area contributed by atoms with Gasteiger partial charge in [-0.3, -0.25) is 9.59 Å². The van der Waals surface area contributed by atoms with Crippen LogP contribution in [0.15, 0.2) is 152 Å². The third kappa shape index (κ3) is 11.3. The Morgan fingerprint density at radius 2 is 0.967 bits per heavy atom. The minimum Gasteiger partial charge on any atom is -0.454 e. The van der Waals surface area contributed by atoms with Crippen molar-refractivity contribution in [2.45, 2.75) is 49.5 Å². The normalized spacial score (nSPS) is 18.7. The molecule has 0 spiro atoms. The quantitative estimate of drug-likeness (QED) is 0.0620. The zero-order chi connectivity index (χ0) is 42.2. The predicted molar refractivity (Wildman–Crippen MR) is 216 cm³/mol. The molecular weight excluding hydrogens is 773 g/mol. The molecular formula is C46H46N2O12. The molecule has 60 heavy (non-hydrogen) atoms. The Hall–Kier alpha value is -6.58. The molecule has 5 unspecified atom stereocenters. The maximum absolute atomic E-state index is 13.3. The summed E-state index contributed by atoms with van der Waals surface area (Å²) < 4.78 is 40.5. The second-order valence-electron chi connectivity index (χ2n) is 13.6. The first-order valence-electron chi connectivity index (χ1n) is 19.2. The smallest absolute Gasteiger partial charge is 0.407 e. The fourth-order valence-electron chi connectivity index (χ4n) is 6.68. The molecule has 1 aliphatic heterocycles. The molecule has 1 saturated heterocycles. The molecule has 0 aromatic heterocycles. The maximum atomic E-state index is 13.3. The van der Waals surface area contributed by atoms with Gasteiger partial charge >= 0.3 is 24.1 Å². The van der Waals surface area contributed by atoms with E-state index in [-0.39, 0.29) is 19.8 Å². The number of aliphatic hydroxyl groups is 1. The fraction of sp³-hybridized carbons (Fsp3) is 0.261. The molecule has 1 aliphatic rings. The summed E-state index contributed by atoms with van der Waals surface area (Å²) in [6, 6.07) is 46.5. The molecule has 14 heteroatoms. The lowest BCUT2D eigenvalue weighted by molar-refractivity contribution is -0.304. The van der Waals surface area contributed by atoms with Crippen LogP contribution in [0.4, 0.5) is 9.59 Å². The molecule has 0 aliphatic carbocycles. The van der Waals surface area contributed by atoms with E-state index in [1.807, 2.05) is 103 Å². The first kappa shape index (κ1) is 43.0. The van der Waals surface area contributed by atoms with Gasteiger partial charge in [0.25, 0.3) is 0 Å². The second kappa shape index (κ2) is 21.4. The van der Waals surface area contributed by atoms with Crippen molar-refractivity contribution in [3.63, 3.8) is 0 Å². The van der Waals surface area contributed by atoms with E-state index in [0.717, 1.165) is 27.8 Å². The summed E-state index contributed by atoms with van der Waals surface area (Å²) in [5.41, 5.74) is 2.61. The predicted octanol–water partition coefficient (Wildman–Crippen LogP) is 5.40. The zero-order valence-electron chi connectivity index (χ0n) is 32.8. The number of amides is 2. The van der Waals surface area contributed by atoms with E-state index in [9.17, 15) is 24.3 Å². The van der Waals surface area contributed by atoms with Crippen molar-refractivity contribution in [1.29, 1.82) is 0 Å². The van der Waals surface area contributed by atoms with Crippen LogP contribution in [0.3, 0.4) is 0 Å². The summed E-state index contributed by atoms with van der Waals surface area (Å²) in [4.78, 5) is 51.3. The molecule has 2 amide bonds. The molecule has 5 aromatic rings. The van der Waals surface area contributed by atoms with Crippen molar-refractivity contribution in [3.8, 4) is 0 Å². The number of ether oxygens (including phenoxy) is 7. The molecule has 0 radical (unpaired) electrons. The average Bonchev–Trinajstić information content (AvgIpc) is 3.30. The lowest BCUT2D eigenvalue weighted by Gasteiger charge is -2.44. The van der Waals surface area contributed by atoms with Crippen LogP contribution in [-0.4, -0.2) is 86.7 Å². The molecule has 312 valence electrons. The number of benzene rings is 5. The average molecular weight is 819 g/mol. The minimum absolute atomic E-state index is 0.0362. The summed E-state index contributed by atoms with van der Waals surface area (Å²) in [7, 11) is 1.28. The standard InChI is InChI=1S/C46H46N2O12/c1-54-43-42(60-39(50)28-48-45(53)56-30-33-19-9-3-10-20-33)41(59-38(49)27-47-44(52)55-29-32-17-7-2-8-18-32)40(51)37(58-43)31-57-46(34-21-11-4-12-22-34,35-23-13-5-14-24-35)36-25-15-6-16-26-36/h2-26,37,40-43,51H,27-31H2,1H3,(H,47,52)(H,48,53). The number of hydrogen-bond acceptors (Lipinski definition) is 12. The van der Waals surface area contributed by atoms with Gasteiger partial charge in [-0.25, -0.2) is 9.59 Å². The number of esters is 2. The van der Waals surface area contributed by atoms with Crippen molar-refractivity contribution in [2.75, 3.05) is 26.8 Å². The SMILES string of the molecule is COC1OC(COC(c2ccccc2)(c2ccccc2)c2ccccc2)C(O)C(OC(=O)CNC(=O)OCc2ccccc2)C1OC(=O)CNC(=O)OCc1ccccc1. The zero-order valence-corrected chi connectivity index (χ0v) is 32.8. The summed E-state index contributed by atoms with van der Waals surface area (Å²) in [5, 5.41) is 16.6. The van der Waals surface area contributed by atoms with Gasteiger partial charge in [0.15, 0.2) is 18.5 Å². The Morgan fingerprint density at radius 3 is 1.37 bits per heavy atom. The van der Waals surface area contributed by atoms with Crippen LogP contribution in [0.5, 0.6) is 0 Å². The summed E-state index contributed by atoms with van der Waals surface area (Å²) in [6.07, 6.45) is -9.25. The van der Waals surface area contributed by atoms with Crippen molar-refractivity contribution < 1.29 is 57.4 Å². The highest BCUT2D eigenvalue weighted by Gasteiger charge is 2.51. The first-order valence-corrected chi connectivity index (χ1v) is 19.2. The van der Waals surface area contributed by atoms with Gasteiger partial charge in [0.05, 0.1) is 6.61 Å². The monoisotopic (exact) mass is 818 g/mol. The van der Waals surface area contributed by atoms with Crippen LogP contribution < -0.4 is 10.6 Å². The summed E-state index contributed by atoms with van der Waals surface area (Å²) in [5.74, 6) is -1.98. The van der Waals surface area contributed by atoms with Gasteiger partial charge in [-0.15, -0.1) is 0 Å². The number of hydrogen-bond donors (Lipinski definition) is 3. The third-order valence-electron chi connectivity index (χ3n) is 9.57. The first-order chi connectivity index (χ1) is 29.3. The number of nitrogens with one attached hydrogen (secondary N) is 2. The Kier molecular flexibility index (Phi) is 15.4. The van der Waals surface area contributed by atoms with Crippen LogP contribution >= 0.6 is 0 Å². The highest BCUT2D eigenvalue weighted by molar-refractivity contribution is 5.79. The van der Waals surface area contributed by atoms with E-state index in [0.29, 0.717) is 0 Å². The van der Waals surface area contributed by atoms with Crippen molar-refractivity contribution >= 4 is 24.1 Å². The second-order valence-corrected chi connectivity index (χ2v) is 13.6. The minimum atomic E-state index is -1.67. The van der Waals surface area contributed by atoms with E-state index in [2.05, 4.69) is 10.6 Å². The molecule has 5 aromatic carbocycles. The van der Waals surface area contributed by atoms with Gasteiger partial charge in [0.1, 0.15) is 44.1 Å². The van der Waals surface area contributed by atoms with Crippen LogP contribution in [0.1, 0.15) is 27.8 Å². The maximum Gasteiger partial charge on any atom is 0.407 e. The summed E-state index contributed by atoms with van der Waals surface area (Å²) >= 11 is 0. The van der Waals surface area contributed by atoms with Crippen molar-refractivity contribution in [1.82, 2.24) is 10.6 Å². The van der Waals surface area contributed by atoms with E-state index in [1.54, 1.807) is 48.5 Å². The Labute approximate surface area is 347 Å². The van der Waals surface area contributed by atoms with Gasteiger partial charge in [-0.05, 0) is 27.8 Å². The van der Waals surface area contributed by atoms with Crippen LogP contribution in [0.2, 0.25) is 0 Å². The molecule has 1 fully saturated rings. The molecule has 3 N–H and O–H groups in total. The van der Waals surface area contributed by atoms with Crippen LogP contribution in [0.25, 0.3) is 0 Å². The highest BCUT2D eigenvalue weighted by Crippen LogP contribution is 2.41. The Morgan fingerprint density at radius 1 is 0.583 bits per heavy atom. The van der Waals surface area contributed by atoms with Crippen molar-refractivity contribution in [2.24, 2.45) is 0 Å². The van der Waals surface area contributed by atoms with Crippen molar-refractivity contribution in [3.05, 3.63) is 179 Å².